The van der Waals surface area contributed by atoms with Gasteiger partial charge in [-0.1, -0.05) is 36.4 Å². The van der Waals surface area contributed by atoms with Crippen LogP contribution in [0.15, 0.2) is 48.5 Å². The Bertz CT molecular complexity index is 713. The van der Waals surface area contributed by atoms with Crippen LogP contribution in [-0.4, -0.2) is 26.1 Å². The molecule has 4 nitrogen and oxygen atoms in total. The Morgan fingerprint density at radius 1 is 1.11 bits per heavy atom. The van der Waals surface area contributed by atoms with Crippen molar-refractivity contribution in [3.05, 3.63) is 54.1 Å². The van der Waals surface area contributed by atoms with Crippen molar-refractivity contribution in [2.45, 2.75) is 32.2 Å². The summed E-state index contributed by atoms with van der Waals surface area (Å²) in [4.78, 5) is 12.1. The molecule has 1 saturated heterocycles. The molecule has 0 bridgehead atoms. The third-order valence-electron chi connectivity index (χ3n) is 5.09. The van der Waals surface area contributed by atoms with Gasteiger partial charge in [-0.15, -0.1) is 12.4 Å². The second-order valence-electron chi connectivity index (χ2n) is 6.94. The Morgan fingerprint density at radius 2 is 1.85 bits per heavy atom. The molecule has 27 heavy (non-hydrogen) atoms. The van der Waals surface area contributed by atoms with E-state index in [1.165, 1.54) is 12.8 Å². The van der Waals surface area contributed by atoms with Crippen LogP contribution < -0.4 is 15.4 Å². The van der Waals surface area contributed by atoms with Crippen molar-refractivity contribution in [2.24, 2.45) is 5.92 Å². The number of carbonyl (C=O) groups is 1. The summed E-state index contributed by atoms with van der Waals surface area (Å²) in [7, 11) is 1.68. The molecule has 0 aromatic heterocycles. The summed E-state index contributed by atoms with van der Waals surface area (Å²) in [6.45, 7) is 2.77. The topological polar surface area (TPSA) is 50.4 Å². The molecule has 0 saturated carbocycles. The van der Waals surface area contributed by atoms with Gasteiger partial charge in [0.05, 0.1) is 7.11 Å². The van der Waals surface area contributed by atoms with E-state index in [4.69, 9.17) is 4.74 Å². The molecule has 2 aromatic carbocycles. The Morgan fingerprint density at radius 3 is 2.56 bits per heavy atom. The number of methoxy groups -OCH3 is 1. The van der Waals surface area contributed by atoms with Gasteiger partial charge in [-0.25, -0.2) is 0 Å². The molecule has 0 atom stereocenters. The average Bonchev–Trinajstić information content (AvgIpc) is 2.72. The lowest BCUT2D eigenvalue weighted by Crippen LogP contribution is -2.29. The van der Waals surface area contributed by atoms with Gasteiger partial charge in [0.25, 0.3) is 0 Å². The number of piperidine rings is 1. The molecule has 1 amide bonds. The first-order valence-electron chi connectivity index (χ1n) is 9.45. The van der Waals surface area contributed by atoms with E-state index in [1.807, 2.05) is 18.2 Å². The molecule has 0 spiro atoms. The van der Waals surface area contributed by atoms with Gasteiger partial charge in [0, 0.05) is 13.0 Å². The summed E-state index contributed by atoms with van der Waals surface area (Å²) < 4.78 is 5.28. The molecular formula is C22H29ClN2O2. The van der Waals surface area contributed by atoms with Gasteiger partial charge < -0.3 is 15.4 Å². The number of halogens is 1. The molecule has 0 aliphatic carbocycles. The van der Waals surface area contributed by atoms with E-state index in [2.05, 4.69) is 41.0 Å². The summed E-state index contributed by atoms with van der Waals surface area (Å²) in [5, 5.41) is 6.41. The zero-order chi connectivity index (χ0) is 18.2. The second-order valence-corrected chi connectivity index (χ2v) is 6.94. The van der Waals surface area contributed by atoms with E-state index >= 15 is 0 Å². The van der Waals surface area contributed by atoms with Crippen LogP contribution in [-0.2, 0) is 11.3 Å². The summed E-state index contributed by atoms with van der Waals surface area (Å²) in [6.07, 6.45) is 4.02. The number of amides is 1. The predicted octanol–water partition coefficient (Wildman–Crippen LogP) is 4.18. The van der Waals surface area contributed by atoms with Gasteiger partial charge in [0.1, 0.15) is 5.75 Å². The summed E-state index contributed by atoms with van der Waals surface area (Å²) >= 11 is 0. The van der Waals surface area contributed by atoms with Crippen LogP contribution in [0.5, 0.6) is 5.75 Å². The molecular weight excluding hydrogens is 360 g/mol. The van der Waals surface area contributed by atoms with Crippen LogP contribution in [0.2, 0.25) is 0 Å². The third kappa shape index (κ3) is 6.56. The molecule has 1 aliphatic rings. The normalized spacial score (nSPS) is 14.3. The van der Waals surface area contributed by atoms with Crippen molar-refractivity contribution in [2.75, 3.05) is 20.2 Å². The Kier molecular flexibility index (Phi) is 8.62. The van der Waals surface area contributed by atoms with E-state index in [0.29, 0.717) is 18.9 Å². The lowest BCUT2D eigenvalue weighted by atomic mass is 9.93. The van der Waals surface area contributed by atoms with Gasteiger partial charge in [-0.2, -0.15) is 0 Å². The first-order valence-corrected chi connectivity index (χ1v) is 9.45. The Labute approximate surface area is 168 Å². The second kappa shape index (κ2) is 11.0. The fourth-order valence-corrected chi connectivity index (χ4v) is 3.41. The zero-order valence-corrected chi connectivity index (χ0v) is 16.7. The maximum Gasteiger partial charge on any atom is 0.220 e. The fraction of sp³-hybridized carbons (Fsp3) is 0.409. The first kappa shape index (κ1) is 21.3. The highest BCUT2D eigenvalue weighted by Crippen LogP contribution is 2.24. The number of carbonyl (C=O) groups excluding carboxylic acids is 1. The number of hydrogen-bond acceptors (Lipinski definition) is 3. The van der Waals surface area contributed by atoms with Crippen molar-refractivity contribution < 1.29 is 9.53 Å². The molecule has 2 aromatic rings. The van der Waals surface area contributed by atoms with Crippen LogP contribution in [0.1, 0.15) is 31.2 Å². The van der Waals surface area contributed by atoms with E-state index in [-0.39, 0.29) is 18.3 Å². The van der Waals surface area contributed by atoms with E-state index < -0.39 is 0 Å². The Hall–Kier alpha value is -2.04. The van der Waals surface area contributed by atoms with Gasteiger partial charge in [-0.05, 0) is 67.1 Å². The predicted molar refractivity (Wildman–Crippen MR) is 112 cm³/mol. The highest BCUT2D eigenvalue weighted by molar-refractivity contribution is 5.85. The molecule has 3 rings (SSSR count). The van der Waals surface area contributed by atoms with Crippen molar-refractivity contribution in [1.29, 1.82) is 0 Å². The molecule has 5 heteroatoms. The third-order valence-corrected chi connectivity index (χ3v) is 5.09. The molecule has 1 aliphatic heterocycles. The van der Waals surface area contributed by atoms with Gasteiger partial charge in [0.15, 0.2) is 0 Å². The average molecular weight is 389 g/mol. The maximum atomic E-state index is 12.1. The molecule has 2 N–H and O–H groups in total. The van der Waals surface area contributed by atoms with Crippen LogP contribution >= 0.6 is 12.4 Å². The number of ether oxygens (including phenoxy) is 1. The van der Waals surface area contributed by atoms with Gasteiger partial charge in [-0.3, -0.25) is 4.79 Å². The van der Waals surface area contributed by atoms with Crippen LogP contribution in [0.3, 0.4) is 0 Å². The molecule has 146 valence electrons. The SMILES string of the molecule is COc1cccc(-c2ccc(CNC(=O)CCC3CCNCC3)cc2)c1.Cl. The summed E-state index contributed by atoms with van der Waals surface area (Å²) in [6, 6.07) is 16.3. The number of hydrogen-bond donors (Lipinski definition) is 2. The monoisotopic (exact) mass is 388 g/mol. The van der Waals surface area contributed by atoms with Crippen molar-refractivity contribution in [3.8, 4) is 16.9 Å². The summed E-state index contributed by atoms with van der Waals surface area (Å²) in [5.41, 5.74) is 3.39. The van der Waals surface area contributed by atoms with E-state index in [9.17, 15) is 4.79 Å². The highest BCUT2D eigenvalue weighted by atomic mass is 35.5. The van der Waals surface area contributed by atoms with Gasteiger partial charge >= 0.3 is 0 Å². The number of benzene rings is 2. The standard InChI is InChI=1S/C22H28N2O2.ClH/c1-26-21-4-2-3-20(15-21)19-8-5-18(6-9-19)16-24-22(25)10-7-17-11-13-23-14-12-17;/h2-6,8-9,15,17,23H,7,10-14,16H2,1H3,(H,24,25);1H. The number of rotatable bonds is 7. The Balaban J connectivity index is 0.00000261. The van der Waals surface area contributed by atoms with Gasteiger partial charge in [0.2, 0.25) is 5.91 Å². The van der Waals surface area contributed by atoms with Crippen LogP contribution in [0.4, 0.5) is 0 Å². The lowest BCUT2D eigenvalue weighted by Gasteiger charge is -2.22. The molecule has 1 fully saturated rings. The minimum absolute atomic E-state index is 0. The van der Waals surface area contributed by atoms with E-state index in [1.54, 1.807) is 7.11 Å². The molecule has 1 heterocycles. The fourth-order valence-electron chi connectivity index (χ4n) is 3.41. The number of nitrogens with one attached hydrogen (secondary N) is 2. The van der Waals surface area contributed by atoms with Crippen molar-refractivity contribution >= 4 is 18.3 Å². The van der Waals surface area contributed by atoms with Crippen molar-refractivity contribution in [1.82, 2.24) is 10.6 Å². The minimum Gasteiger partial charge on any atom is -0.497 e. The quantitative estimate of drug-likeness (QED) is 0.748. The van der Waals surface area contributed by atoms with Crippen LogP contribution in [0.25, 0.3) is 11.1 Å². The van der Waals surface area contributed by atoms with Crippen LogP contribution in [0, 0.1) is 5.92 Å². The first-order chi connectivity index (χ1) is 12.7. The molecule has 0 radical (unpaired) electrons. The highest BCUT2D eigenvalue weighted by Gasteiger charge is 2.14. The molecule has 0 unspecified atom stereocenters. The zero-order valence-electron chi connectivity index (χ0n) is 15.9. The van der Waals surface area contributed by atoms with E-state index in [0.717, 1.165) is 42.0 Å². The minimum atomic E-state index is 0. The smallest absolute Gasteiger partial charge is 0.220 e. The maximum absolute atomic E-state index is 12.1. The summed E-state index contributed by atoms with van der Waals surface area (Å²) in [5.74, 6) is 1.71. The largest absolute Gasteiger partial charge is 0.497 e. The lowest BCUT2D eigenvalue weighted by molar-refractivity contribution is -0.121. The van der Waals surface area contributed by atoms with Crippen molar-refractivity contribution in [3.63, 3.8) is 0 Å².